The maximum Gasteiger partial charge on any atom is 0.412 e. The maximum atomic E-state index is 11.3. The van der Waals surface area contributed by atoms with Gasteiger partial charge in [0.05, 0.1) is 0 Å². The van der Waals surface area contributed by atoms with Gasteiger partial charge in [0.15, 0.2) is 0 Å². The Kier molecular flexibility index (Phi) is 4.24. The molecule has 16 heavy (non-hydrogen) atoms. The number of nitrogens with one attached hydrogen (secondary N) is 1. The topological polar surface area (TPSA) is 95.9 Å². The van der Waals surface area contributed by atoms with E-state index in [2.05, 4.69) is 4.74 Å². The minimum absolute atomic E-state index is 0.555. The summed E-state index contributed by atoms with van der Waals surface area (Å²) in [7, 11) is 0. The van der Waals surface area contributed by atoms with Crippen molar-refractivity contribution in [1.82, 2.24) is 10.2 Å². The molecule has 3 amide bonds. The minimum Gasteiger partial charge on any atom is -0.410 e. The van der Waals surface area contributed by atoms with Gasteiger partial charge >= 0.3 is 6.09 Å². The lowest BCUT2D eigenvalue weighted by Gasteiger charge is -2.17. The Morgan fingerprint density at radius 3 is 2.38 bits per heavy atom. The van der Waals surface area contributed by atoms with E-state index in [4.69, 9.17) is 5.11 Å². The second kappa shape index (κ2) is 5.45. The highest BCUT2D eigenvalue weighted by molar-refractivity contribution is 5.96. The Hall–Kier alpha value is -1.63. The Balaban J connectivity index is 2.37. The number of amides is 3. The number of carbonyl (C=O) groups is 3. The second-order valence-corrected chi connectivity index (χ2v) is 3.48. The number of carbonyl (C=O) groups excluding carboxylic acids is 3. The molecule has 1 unspecified atom stereocenters. The van der Waals surface area contributed by atoms with E-state index in [-0.39, 0.29) is 0 Å². The summed E-state index contributed by atoms with van der Waals surface area (Å²) < 4.78 is 4.48. The Bertz CT molecular complexity index is 298. The van der Waals surface area contributed by atoms with Crippen molar-refractivity contribution >= 4 is 17.9 Å². The van der Waals surface area contributed by atoms with E-state index >= 15 is 0 Å². The van der Waals surface area contributed by atoms with E-state index in [1.54, 1.807) is 0 Å². The minimum atomic E-state index is -1.95. The quantitative estimate of drug-likeness (QED) is 0.605. The summed E-state index contributed by atoms with van der Waals surface area (Å²) in [5.41, 5.74) is 0. The van der Waals surface area contributed by atoms with Crippen molar-refractivity contribution in [2.45, 2.75) is 26.1 Å². The molecule has 0 bridgehead atoms. The third-order valence-corrected chi connectivity index (χ3v) is 2.10. The van der Waals surface area contributed by atoms with Crippen LogP contribution in [0, 0.1) is 0 Å². The standard InChI is InChI=1S/C9H14N2O5/c1-6(12)10-7(13)8(14)16-9(15)11-4-2-3-5-11/h8,14H,2-5H2,1H3,(H,10,12,13). The van der Waals surface area contributed by atoms with Crippen LogP contribution in [0.2, 0.25) is 0 Å². The van der Waals surface area contributed by atoms with Gasteiger partial charge in [-0.2, -0.15) is 0 Å². The van der Waals surface area contributed by atoms with Crippen LogP contribution in [0.3, 0.4) is 0 Å². The summed E-state index contributed by atoms with van der Waals surface area (Å²) in [6.45, 7) is 2.23. The molecule has 1 saturated heterocycles. The average Bonchev–Trinajstić information content (AvgIpc) is 2.68. The molecule has 0 aromatic carbocycles. The van der Waals surface area contributed by atoms with Crippen LogP contribution in [0.4, 0.5) is 4.79 Å². The molecule has 0 saturated carbocycles. The highest BCUT2D eigenvalue weighted by atomic mass is 16.7. The third kappa shape index (κ3) is 3.50. The normalized spacial score (nSPS) is 16.8. The van der Waals surface area contributed by atoms with Gasteiger partial charge in [-0.05, 0) is 12.8 Å². The van der Waals surface area contributed by atoms with Crippen LogP contribution in [0.25, 0.3) is 0 Å². The summed E-state index contributed by atoms with van der Waals surface area (Å²) >= 11 is 0. The fourth-order valence-electron chi connectivity index (χ4n) is 1.36. The van der Waals surface area contributed by atoms with Gasteiger partial charge in [-0.15, -0.1) is 0 Å². The predicted octanol–water partition coefficient (Wildman–Crippen LogP) is -0.800. The van der Waals surface area contributed by atoms with Crippen LogP contribution in [0.1, 0.15) is 19.8 Å². The molecule has 1 rings (SSSR count). The van der Waals surface area contributed by atoms with Gasteiger partial charge in [-0.3, -0.25) is 14.9 Å². The molecule has 90 valence electrons. The van der Waals surface area contributed by atoms with E-state index in [0.717, 1.165) is 19.8 Å². The van der Waals surface area contributed by atoms with Crippen LogP contribution in [-0.4, -0.2) is 47.3 Å². The van der Waals surface area contributed by atoms with E-state index in [1.165, 1.54) is 4.90 Å². The monoisotopic (exact) mass is 230 g/mol. The molecular weight excluding hydrogens is 216 g/mol. The number of rotatable bonds is 2. The fourth-order valence-corrected chi connectivity index (χ4v) is 1.36. The van der Waals surface area contributed by atoms with Gasteiger partial charge in [0.25, 0.3) is 12.2 Å². The molecule has 0 aromatic rings. The zero-order valence-corrected chi connectivity index (χ0v) is 8.93. The molecule has 2 N–H and O–H groups in total. The van der Waals surface area contributed by atoms with Gasteiger partial charge in [-0.25, -0.2) is 4.79 Å². The van der Waals surface area contributed by atoms with E-state index in [9.17, 15) is 14.4 Å². The zero-order valence-electron chi connectivity index (χ0n) is 8.93. The predicted molar refractivity (Wildman–Crippen MR) is 52.1 cm³/mol. The van der Waals surface area contributed by atoms with Crippen molar-refractivity contribution < 1.29 is 24.2 Å². The number of aliphatic hydroxyl groups excluding tert-OH is 1. The summed E-state index contributed by atoms with van der Waals surface area (Å²) in [5.74, 6) is -1.67. The maximum absolute atomic E-state index is 11.3. The lowest BCUT2D eigenvalue weighted by Crippen LogP contribution is -2.42. The molecule has 7 heteroatoms. The first-order chi connectivity index (χ1) is 7.50. The largest absolute Gasteiger partial charge is 0.412 e. The Morgan fingerprint density at radius 2 is 1.88 bits per heavy atom. The molecular formula is C9H14N2O5. The Labute approximate surface area is 92.4 Å². The van der Waals surface area contributed by atoms with Gasteiger partial charge in [0.2, 0.25) is 5.91 Å². The summed E-state index contributed by atoms with van der Waals surface area (Å²) in [4.78, 5) is 34.3. The average molecular weight is 230 g/mol. The van der Waals surface area contributed by atoms with Crippen LogP contribution >= 0.6 is 0 Å². The summed E-state index contributed by atoms with van der Waals surface area (Å²) in [5, 5.41) is 11.0. The number of nitrogens with zero attached hydrogens (tertiary/aromatic N) is 1. The van der Waals surface area contributed by atoms with E-state index in [1.807, 2.05) is 5.32 Å². The third-order valence-electron chi connectivity index (χ3n) is 2.10. The molecule has 1 aliphatic rings. The zero-order chi connectivity index (χ0) is 12.1. The number of ether oxygens (including phenoxy) is 1. The van der Waals surface area contributed by atoms with Gasteiger partial charge < -0.3 is 14.7 Å². The number of aliphatic hydroxyl groups is 1. The van der Waals surface area contributed by atoms with Crippen LogP contribution in [-0.2, 0) is 14.3 Å². The highest BCUT2D eigenvalue weighted by Gasteiger charge is 2.25. The molecule has 1 atom stereocenters. The number of hydrogen-bond acceptors (Lipinski definition) is 5. The second-order valence-electron chi connectivity index (χ2n) is 3.48. The van der Waals surface area contributed by atoms with E-state index in [0.29, 0.717) is 13.1 Å². The molecule has 0 aliphatic carbocycles. The fraction of sp³-hybridized carbons (Fsp3) is 0.667. The Morgan fingerprint density at radius 1 is 1.31 bits per heavy atom. The van der Waals surface area contributed by atoms with Crippen molar-refractivity contribution in [2.24, 2.45) is 0 Å². The molecule has 1 aliphatic heterocycles. The van der Waals surface area contributed by atoms with Crippen LogP contribution < -0.4 is 5.32 Å². The number of likely N-dealkylation sites (tertiary alicyclic amines) is 1. The first-order valence-electron chi connectivity index (χ1n) is 4.96. The van der Waals surface area contributed by atoms with Crippen molar-refractivity contribution in [1.29, 1.82) is 0 Å². The lowest BCUT2D eigenvalue weighted by molar-refractivity contribution is -0.151. The van der Waals surface area contributed by atoms with Crippen molar-refractivity contribution in [3.8, 4) is 0 Å². The van der Waals surface area contributed by atoms with Crippen LogP contribution in [0.15, 0.2) is 0 Å². The SMILES string of the molecule is CC(=O)NC(=O)C(O)OC(=O)N1CCCC1. The smallest absolute Gasteiger partial charge is 0.410 e. The molecule has 0 radical (unpaired) electrons. The highest BCUT2D eigenvalue weighted by Crippen LogP contribution is 2.09. The molecule has 1 fully saturated rings. The van der Waals surface area contributed by atoms with Crippen molar-refractivity contribution in [2.75, 3.05) is 13.1 Å². The molecule has 0 spiro atoms. The van der Waals surface area contributed by atoms with Crippen molar-refractivity contribution in [3.05, 3.63) is 0 Å². The summed E-state index contributed by atoms with van der Waals surface area (Å²) in [6.07, 6.45) is -0.934. The molecule has 0 aromatic heterocycles. The van der Waals surface area contributed by atoms with Gasteiger partial charge in [-0.1, -0.05) is 0 Å². The first kappa shape index (κ1) is 12.4. The molecule has 7 nitrogen and oxygen atoms in total. The lowest BCUT2D eigenvalue weighted by atomic mass is 10.4. The van der Waals surface area contributed by atoms with Gasteiger partial charge in [0.1, 0.15) is 0 Å². The molecule has 1 heterocycles. The number of hydrogen-bond donors (Lipinski definition) is 2. The summed E-state index contributed by atoms with van der Waals surface area (Å²) in [6, 6.07) is 0. The van der Waals surface area contributed by atoms with Crippen molar-refractivity contribution in [3.63, 3.8) is 0 Å². The number of imide groups is 1. The first-order valence-corrected chi connectivity index (χ1v) is 4.96. The van der Waals surface area contributed by atoms with Gasteiger partial charge in [0, 0.05) is 20.0 Å². The van der Waals surface area contributed by atoms with E-state index < -0.39 is 24.2 Å². The van der Waals surface area contributed by atoms with Crippen LogP contribution in [0.5, 0.6) is 0 Å².